The summed E-state index contributed by atoms with van der Waals surface area (Å²) in [5.74, 6) is -0.286. The number of aliphatic hydroxyl groups is 1. The normalized spacial score (nSPS) is 11.6. The molecule has 2 heterocycles. The van der Waals surface area contributed by atoms with E-state index in [2.05, 4.69) is 15.5 Å². The van der Waals surface area contributed by atoms with Gasteiger partial charge in [-0.05, 0) is 29.6 Å². The molecule has 1 aromatic carbocycles. The molecule has 2 aromatic heterocycles. The molecule has 0 aliphatic heterocycles. The summed E-state index contributed by atoms with van der Waals surface area (Å²) in [4.78, 5) is 16.8. The smallest absolute Gasteiger partial charge is 0.340 e. The van der Waals surface area contributed by atoms with Gasteiger partial charge in [0.2, 0.25) is 15.8 Å². The molecule has 0 radical (unpaired) electrons. The lowest BCUT2D eigenvalue weighted by Gasteiger charge is -2.15. The van der Waals surface area contributed by atoms with E-state index in [1.807, 2.05) is 16.8 Å². The number of carbonyl (C=O) groups excluding carboxylic acids is 1. The van der Waals surface area contributed by atoms with Crippen LogP contribution in [0.5, 0.6) is 0 Å². The number of hydrogen-bond acceptors (Lipinski definition) is 10. The van der Waals surface area contributed by atoms with E-state index in [-0.39, 0.29) is 36.0 Å². The molecule has 0 atom stereocenters. The van der Waals surface area contributed by atoms with Crippen LogP contribution in [0.2, 0.25) is 0 Å². The molecule has 12 heteroatoms. The topological polar surface area (TPSA) is 135 Å². The number of rotatable bonds is 9. The van der Waals surface area contributed by atoms with E-state index in [4.69, 9.17) is 14.4 Å². The molecule has 0 amide bonds. The van der Waals surface area contributed by atoms with Crippen LogP contribution in [0.1, 0.15) is 16.2 Å². The van der Waals surface area contributed by atoms with Crippen molar-refractivity contribution in [2.45, 2.75) is 11.5 Å². The van der Waals surface area contributed by atoms with Gasteiger partial charge in [0.15, 0.2) is 6.61 Å². The largest absolute Gasteiger partial charge is 0.454 e. The highest BCUT2D eigenvalue weighted by molar-refractivity contribution is 7.89. The molecule has 2 N–H and O–H groups in total. The Morgan fingerprint density at radius 2 is 2.13 bits per heavy atom. The van der Waals surface area contributed by atoms with Crippen LogP contribution in [0.15, 0.2) is 44.4 Å². The van der Waals surface area contributed by atoms with Gasteiger partial charge in [0.25, 0.3) is 5.89 Å². The highest BCUT2D eigenvalue weighted by Crippen LogP contribution is 2.24. The molecule has 0 spiro atoms. The first-order chi connectivity index (χ1) is 14.3. The van der Waals surface area contributed by atoms with Crippen molar-refractivity contribution in [2.24, 2.45) is 0 Å². The second kappa shape index (κ2) is 9.34. The number of benzene rings is 1. The van der Waals surface area contributed by atoms with Crippen LogP contribution in [0, 0.1) is 0 Å². The molecule has 3 aromatic rings. The van der Waals surface area contributed by atoms with Crippen molar-refractivity contribution in [3.8, 4) is 11.5 Å². The summed E-state index contributed by atoms with van der Waals surface area (Å²) < 4.78 is 36.3. The van der Waals surface area contributed by atoms with Gasteiger partial charge < -0.3 is 19.7 Å². The number of esters is 1. The quantitative estimate of drug-likeness (QED) is 0.466. The van der Waals surface area contributed by atoms with Crippen molar-refractivity contribution in [2.75, 3.05) is 32.6 Å². The van der Waals surface area contributed by atoms with Crippen LogP contribution < -0.4 is 5.32 Å². The standard InChI is InChI=1S/C18H20N4O6S2/c1-22(2)30(25,26)13-3-4-15(19-6-7-23)14(9-13)18(24)27-10-16-20-17(28-21-16)12-5-8-29-11-12/h3-5,8-9,11,19,23H,6-7,10H2,1-2H3. The van der Waals surface area contributed by atoms with Crippen LogP contribution in [0.4, 0.5) is 5.69 Å². The minimum atomic E-state index is -3.75. The zero-order valence-corrected chi connectivity index (χ0v) is 17.9. The third-order valence-corrected chi connectivity index (χ3v) is 6.48. The lowest BCUT2D eigenvalue weighted by molar-refractivity contribution is 0.0460. The highest BCUT2D eigenvalue weighted by atomic mass is 32.2. The summed E-state index contributed by atoms with van der Waals surface area (Å²) >= 11 is 1.48. The summed E-state index contributed by atoms with van der Waals surface area (Å²) in [6, 6.07) is 5.87. The average Bonchev–Trinajstić information content (AvgIpc) is 3.41. The average molecular weight is 453 g/mol. The van der Waals surface area contributed by atoms with E-state index in [1.54, 1.807) is 0 Å². The zero-order valence-electron chi connectivity index (χ0n) is 16.2. The third kappa shape index (κ3) is 4.84. The Bertz CT molecular complexity index is 1110. The van der Waals surface area contributed by atoms with Crippen molar-refractivity contribution in [1.29, 1.82) is 0 Å². The minimum absolute atomic E-state index is 0.00734. The Morgan fingerprint density at radius 3 is 2.80 bits per heavy atom. The van der Waals surface area contributed by atoms with Crippen LogP contribution in [-0.2, 0) is 21.4 Å². The Hall–Kier alpha value is -2.80. The number of nitrogens with zero attached hydrogens (tertiary/aromatic N) is 3. The molecule has 0 unspecified atom stereocenters. The number of anilines is 1. The number of ether oxygens (including phenoxy) is 1. The molecule has 0 aliphatic carbocycles. The third-order valence-electron chi connectivity index (χ3n) is 3.99. The first-order valence-corrected chi connectivity index (χ1v) is 11.1. The van der Waals surface area contributed by atoms with Gasteiger partial charge in [-0.1, -0.05) is 5.16 Å². The van der Waals surface area contributed by atoms with Gasteiger partial charge in [-0.3, -0.25) is 0 Å². The second-order valence-electron chi connectivity index (χ2n) is 6.25. The number of sulfonamides is 1. The van der Waals surface area contributed by atoms with Crippen LogP contribution >= 0.6 is 11.3 Å². The number of aliphatic hydroxyl groups excluding tert-OH is 1. The van der Waals surface area contributed by atoms with Gasteiger partial charge >= 0.3 is 5.97 Å². The molecule has 0 saturated carbocycles. The fourth-order valence-electron chi connectivity index (χ4n) is 2.43. The molecule has 10 nitrogen and oxygen atoms in total. The molecule has 0 saturated heterocycles. The minimum Gasteiger partial charge on any atom is -0.454 e. The highest BCUT2D eigenvalue weighted by Gasteiger charge is 2.22. The predicted molar refractivity (Wildman–Crippen MR) is 110 cm³/mol. The lowest BCUT2D eigenvalue weighted by atomic mass is 10.2. The number of hydrogen-bond donors (Lipinski definition) is 2. The fourth-order valence-corrected chi connectivity index (χ4v) is 3.99. The summed E-state index contributed by atoms with van der Waals surface area (Å²) in [5, 5.41) is 19.4. The predicted octanol–water partition coefficient (Wildman–Crippen LogP) is 1.81. The Morgan fingerprint density at radius 1 is 1.33 bits per heavy atom. The van der Waals surface area contributed by atoms with Crippen molar-refractivity contribution in [1.82, 2.24) is 14.4 Å². The van der Waals surface area contributed by atoms with Gasteiger partial charge in [-0.25, -0.2) is 17.5 Å². The molecule has 0 aliphatic rings. The SMILES string of the molecule is CN(C)S(=O)(=O)c1ccc(NCCO)c(C(=O)OCc2noc(-c3ccsc3)n2)c1. The number of carbonyl (C=O) groups is 1. The summed E-state index contributed by atoms with van der Waals surface area (Å²) in [7, 11) is -0.959. The zero-order chi connectivity index (χ0) is 21.7. The molecule has 0 bridgehead atoms. The van der Waals surface area contributed by atoms with E-state index in [9.17, 15) is 13.2 Å². The van der Waals surface area contributed by atoms with Gasteiger partial charge in [-0.15, -0.1) is 0 Å². The van der Waals surface area contributed by atoms with Gasteiger partial charge in [-0.2, -0.15) is 16.3 Å². The van der Waals surface area contributed by atoms with Crippen molar-refractivity contribution in [3.05, 3.63) is 46.4 Å². The van der Waals surface area contributed by atoms with E-state index < -0.39 is 16.0 Å². The number of nitrogens with one attached hydrogen (secondary N) is 1. The van der Waals surface area contributed by atoms with Crippen molar-refractivity contribution < 1.29 is 27.6 Å². The van der Waals surface area contributed by atoms with Crippen molar-refractivity contribution >= 4 is 33.0 Å². The Balaban J connectivity index is 1.80. The molecule has 3 rings (SSSR count). The van der Waals surface area contributed by atoms with Gasteiger partial charge in [0, 0.05) is 31.7 Å². The summed E-state index contributed by atoms with van der Waals surface area (Å²) in [6.07, 6.45) is 0. The van der Waals surface area contributed by atoms with Crippen molar-refractivity contribution in [3.63, 3.8) is 0 Å². The van der Waals surface area contributed by atoms with Crippen LogP contribution in [0.25, 0.3) is 11.5 Å². The van der Waals surface area contributed by atoms with Crippen LogP contribution in [-0.4, -0.2) is 61.2 Å². The van der Waals surface area contributed by atoms with E-state index in [0.29, 0.717) is 11.6 Å². The monoisotopic (exact) mass is 452 g/mol. The maximum Gasteiger partial charge on any atom is 0.340 e. The lowest BCUT2D eigenvalue weighted by Crippen LogP contribution is -2.23. The van der Waals surface area contributed by atoms with E-state index in [1.165, 1.54) is 43.6 Å². The molecular formula is C18H20N4O6S2. The fraction of sp³-hybridized carbons (Fsp3) is 0.278. The van der Waals surface area contributed by atoms with E-state index in [0.717, 1.165) is 9.87 Å². The summed E-state index contributed by atoms with van der Waals surface area (Å²) in [5.41, 5.74) is 1.11. The number of aromatic nitrogens is 2. The maximum absolute atomic E-state index is 12.7. The maximum atomic E-state index is 12.7. The Labute approximate surface area is 177 Å². The first-order valence-electron chi connectivity index (χ1n) is 8.76. The molecular weight excluding hydrogens is 432 g/mol. The Kier molecular flexibility index (Phi) is 6.82. The van der Waals surface area contributed by atoms with Gasteiger partial charge in [0.05, 0.1) is 22.6 Å². The van der Waals surface area contributed by atoms with Crippen LogP contribution in [0.3, 0.4) is 0 Å². The van der Waals surface area contributed by atoms with E-state index >= 15 is 0 Å². The summed E-state index contributed by atoms with van der Waals surface area (Å²) in [6.45, 7) is -0.244. The van der Waals surface area contributed by atoms with Gasteiger partial charge in [0.1, 0.15) is 0 Å². The number of thiophene rings is 1. The molecule has 30 heavy (non-hydrogen) atoms. The second-order valence-corrected chi connectivity index (χ2v) is 9.18. The molecule has 0 fully saturated rings. The first kappa shape index (κ1) is 21.9. The molecule has 160 valence electrons.